The van der Waals surface area contributed by atoms with E-state index in [1.807, 2.05) is 0 Å². The van der Waals surface area contributed by atoms with Crippen LogP contribution in [0, 0.1) is 5.41 Å². The SMILES string of the molecule is CC(=O)O.N=C(N)NN=Cc1cccc(OCc2cccc(C(F)(F)F)c2)c1Cl. The molecular formula is C18H18ClF3N4O3. The predicted molar refractivity (Wildman–Crippen MR) is 103 cm³/mol. The lowest BCUT2D eigenvalue weighted by atomic mass is 10.1. The molecule has 0 bridgehead atoms. The summed E-state index contributed by atoms with van der Waals surface area (Å²) in [6, 6.07) is 9.77. The second-order valence-corrected chi connectivity index (χ2v) is 5.83. The van der Waals surface area contributed by atoms with Gasteiger partial charge in [-0.1, -0.05) is 35.9 Å². The maximum atomic E-state index is 12.7. The number of nitrogens with one attached hydrogen (secondary N) is 2. The molecule has 29 heavy (non-hydrogen) atoms. The normalized spacial score (nSPS) is 10.8. The van der Waals surface area contributed by atoms with Gasteiger partial charge in [-0.25, -0.2) is 5.43 Å². The molecule has 0 fully saturated rings. The van der Waals surface area contributed by atoms with E-state index in [1.54, 1.807) is 18.2 Å². The number of hydrazone groups is 1. The summed E-state index contributed by atoms with van der Waals surface area (Å²) in [5.74, 6) is -0.866. The highest BCUT2D eigenvalue weighted by molar-refractivity contribution is 6.34. The zero-order chi connectivity index (χ0) is 22.0. The van der Waals surface area contributed by atoms with E-state index < -0.39 is 17.7 Å². The molecule has 0 aliphatic carbocycles. The average Bonchev–Trinajstić information content (AvgIpc) is 2.61. The summed E-state index contributed by atoms with van der Waals surface area (Å²) in [6.45, 7) is 1.01. The Morgan fingerprint density at radius 2 is 1.97 bits per heavy atom. The van der Waals surface area contributed by atoms with E-state index in [4.69, 9.17) is 37.4 Å². The zero-order valence-corrected chi connectivity index (χ0v) is 15.9. The number of carboxylic acid groups (broad SMARTS) is 1. The van der Waals surface area contributed by atoms with E-state index in [1.165, 1.54) is 18.3 Å². The third-order valence-corrected chi connectivity index (χ3v) is 3.43. The Bertz CT molecular complexity index is 885. The number of aliphatic carboxylic acids is 1. The van der Waals surface area contributed by atoms with Gasteiger partial charge in [0.15, 0.2) is 0 Å². The fraction of sp³-hybridized carbons (Fsp3) is 0.167. The molecule has 0 aromatic heterocycles. The smallest absolute Gasteiger partial charge is 0.416 e. The maximum Gasteiger partial charge on any atom is 0.416 e. The quantitative estimate of drug-likeness (QED) is 0.326. The summed E-state index contributed by atoms with van der Waals surface area (Å²) < 4.78 is 43.7. The summed E-state index contributed by atoms with van der Waals surface area (Å²) in [7, 11) is 0. The lowest BCUT2D eigenvalue weighted by Gasteiger charge is -2.11. The molecule has 0 unspecified atom stereocenters. The number of halogens is 4. The summed E-state index contributed by atoms with van der Waals surface area (Å²) in [5.41, 5.74) is 7.46. The molecule has 156 valence electrons. The fourth-order valence-electron chi connectivity index (χ4n) is 1.91. The highest BCUT2D eigenvalue weighted by Gasteiger charge is 2.30. The highest BCUT2D eigenvalue weighted by Crippen LogP contribution is 2.31. The monoisotopic (exact) mass is 430 g/mol. The number of benzene rings is 2. The van der Waals surface area contributed by atoms with Crippen LogP contribution in [-0.2, 0) is 17.6 Å². The van der Waals surface area contributed by atoms with Crippen LogP contribution in [-0.4, -0.2) is 23.2 Å². The van der Waals surface area contributed by atoms with E-state index in [0.29, 0.717) is 16.9 Å². The van der Waals surface area contributed by atoms with Crippen LogP contribution in [0.1, 0.15) is 23.6 Å². The molecule has 0 saturated heterocycles. The number of alkyl halides is 3. The molecule has 0 heterocycles. The summed E-state index contributed by atoms with van der Waals surface area (Å²) in [4.78, 5) is 9.00. The number of rotatable bonds is 5. The largest absolute Gasteiger partial charge is 0.487 e. The summed E-state index contributed by atoms with van der Waals surface area (Å²) >= 11 is 6.19. The van der Waals surface area contributed by atoms with Crippen LogP contribution in [0.3, 0.4) is 0 Å². The van der Waals surface area contributed by atoms with Crippen LogP contribution in [0.15, 0.2) is 47.6 Å². The van der Waals surface area contributed by atoms with Crippen LogP contribution in [0.5, 0.6) is 5.75 Å². The average molecular weight is 431 g/mol. The van der Waals surface area contributed by atoms with Gasteiger partial charge >= 0.3 is 6.18 Å². The lowest BCUT2D eigenvalue weighted by molar-refractivity contribution is -0.137. The van der Waals surface area contributed by atoms with E-state index in [2.05, 4.69) is 10.5 Å². The third kappa shape index (κ3) is 8.98. The molecule has 2 rings (SSSR count). The van der Waals surface area contributed by atoms with E-state index in [9.17, 15) is 13.2 Å². The molecule has 0 aliphatic rings. The highest BCUT2D eigenvalue weighted by atomic mass is 35.5. The maximum absolute atomic E-state index is 12.7. The van der Waals surface area contributed by atoms with Gasteiger partial charge in [-0.05, 0) is 23.8 Å². The van der Waals surface area contributed by atoms with Gasteiger partial charge in [-0.15, -0.1) is 0 Å². The Kier molecular flexibility index (Phi) is 8.94. The van der Waals surface area contributed by atoms with Crippen molar-refractivity contribution in [1.29, 1.82) is 5.41 Å². The minimum atomic E-state index is -4.41. The van der Waals surface area contributed by atoms with Crippen LogP contribution in [0.4, 0.5) is 13.2 Å². The first kappa shape index (κ1) is 23.8. The molecule has 0 spiro atoms. The number of carboxylic acids is 1. The number of hydrogen-bond acceptors (Lipinski definition) is 4. The van der Waals surface area contributed by atoms with Gasteiger partial charge in [0, 0.05) is 12.5 Å². The van der Waals surface area contributed by atoms with Crippen molar-refractivity contribution in [2.24, 2.45) is 10.8 Å². The number of nitrogens with zero attached hydrogens (tertiary/aromatic N) is 1. The van der Waals surface area contributed by atoms with Crippen molar-refractivity contribution in [2.75, 3.05) is 0 Å². The van der Waals surface area contributed by atoms with Crippen molar-refractivity contribution >= 4 is 29.7 Å². The van der Waals surface area contributed by atoms with Gasteiger partial charge in [-0.3, -0.25) is 10.2 Å². The Morgan fingerprint density at radius 1 is 1.34 bits per heavy atom. The van der Waals surface area contributed by atoms with Crippen molar-refractivity contribution in [2.45, 2.75) is 19.7 Å². The van der Waals surface area contributed by atoms with Crippen molar-refractivity contribution in [3.8, 4) is 5.75 Å². The van der Waals surface area contributed by atoms with Crippen LogP contribution >= 0.6 is 11.6 Å². The molecule has 0 radical (unpaired) electrons. The molecule has 5 N–H and O–H groups in total. The van der Waals surface area contributed by atoms with E-state index in [-0.39, 0.29) is 17.6 Å². The molecule has 0 atom stereocenters. The molecular weight excluding hydrogens is 413 g/mol. The zero-order valence-electron chi connectivity index (χ0n) is 15.1. The topological polar surface area (TPSA) is 121 Å². The minimum absolute atomic E-state index is 0.0735. The fourth-order valence-corrected chi connectivity index (χ4v) is 2.14. The van der Waals surface area contributed by atoms with Gasteiger partial charge < -0.3 is 15.6 Å². The first-order chi connectivity index (χ1) is 13.5. The molecule has 0 amide bonds. The van der Waals surface area contributed by atoms with Gasteiger partial charge in [-0.2, -0.15) is 18.3 Å². The predicted octanol–water partition coefficient (Wildman–Crippen LogP) is 3.85. The van der Waals surface area contributed by atoms with Crippen molar-refractivity contribution in [3.63, 3.8) is 0 Å². The van der Waals surface area contributed by atoms with Crippen molar-refractivity contribution in [1.82, 2.24) is 5.43 Å². The standard InChI is InChI=1S/C16H14ClF3N4O.C2H4O2/c17-14-11(8-23-24-15(21)22)4-2-6-13(14)25-9-10-3-1-5-12(7-10)16(18,19)20;1-2(3)4/h1-8H,9H2,(H4,21,22,24);1H3,(H,3,4). The lowest BCUT2D eigenvalue weighted by Crippen LogP contribution is -2.25. The minimum Gasteiger partial charge on any atom is -0.487 e. The van der Waals surface area contributed by atoms with Gasteiger partial charge in [0.25, 0.3) is 5.97 Å². The second-order valence-electron chi connectivity index (χ2n) is 5.45. The molecule has 0 saturated carbocycles. The molecule has 2 aromatic rings. The van der Waals surface area contributed by atoms with Gasteiger partial charge in [0.05, 0.1) is 16.8 Å². The number of hydrogen-bond donors (Lipinski definition) is 4. The van der Waals surface area contributed by atoms with E-state index >= 15 is 0 Å². The first-order valence-corrected chi connectivity index (χ1v) is 8.28. The molecule has 2 aromatic carbocycles. The van der Waals surface area contributed by atoms with Crippen molar-refractivity contribution in [3.05, 3.63) is 64.2 Å². The number of nitrogens with two attached hydrogens (primary N) is 1. The molecule has 11 heteroatoms. The van der Waals surface area contributed by atoms with E-state index in [0.717, 1.165) is 19.1 Å². The third-order valence-electron chi connectivity index (χ3n) is 3.03. The molecule has 7 nitrogen and oxygen atoms in total. The Morgan fingerprint density at radius 3 is 2.55 bits per heavy atom. The van der Waals surface area contributed by atoms with Crippen molar-refractivity contribution < 1.29 is 27.8 Å². The number of ether oxygens (including phenoxy) is 1. The van der Waals surface area contributed by atoms with Crippen LogP contribution in [0.25, 0.3) is 0 Å². The van der Waals surface area contributed by atoms with Gasteiger partial charge in [0.1, 0.15) is 12.4 Å². The Hall–Kier alpha value is -3.27. The second kappa shape index (κ2) is 10.9. The van der Waals surface area contributed by atoms with Gasteiger partial charge in [0.2, 0.25) is 5.96 Å². The summed E-state index contributed by atoms with van der Waals surface area (Å²) in [6.07, 6.45) is -3.06. The first-order valence-electron chi connectivity index (χ1n) is 7.90. The Balaban J connectivity index is 0.000000960. The Labute approximate surface area is 169 Å². The van der Waals surface area contributed by atoms with Crippen LogP contribution in [0.2, 0.25) is 5.02 Å². The summed E-state index contributed by atoms with van der Waals surface area (Å²) in [5, 5.41) is 18.4. The number of guanidine groups is 1. The molecule has 0 aliphatic heterocycles. The number of carbonyl (C=O) groups is 1. The van der Waals surface area contributed by atoms with Crippen LogP contribution < -0.4 is 15.9 Å².